The van der Waals surface area contributed by atoms with Gasteiger partial charge in [0.1, 0.15) is 0 Å². The Bertz CT molecular complexity index is 447. The van der Waals surface area contributed by atoms with Crippen molar-refractivity contribution < 1.29 is 14.3 Å². The van der Waals surface area contributed by atoms with Gasteiger partial charge < -0.3 is 20.1 Å². The third-order valence-electron chi connectivity index (χ3n) is 2.54. The van der Waals surface area contributed by atoms with Crippen LogP contribution in [0.2, 0.25) is 0 Å². The maximum absolute atomic E-state index is 11.5. The predicted molar refractivity (Wildman–Crippen MR) is 84.4 cm³/mol. The fourth-order valence-electron chi connectivity index (χ4n) is 1.61. The molecule has 0 aliphatic rings. The Hall–Kier alpha value is -1.85. The molecule has 0 atom stereocenters. The summed E-state index contributed by atoms with van der Waals surface area (Å²) in [6.07, 6.45) is 1.85. The van der Waals surface area contributed by atoms with Crippen molar-refractivity contribution in [3.8, 4) is 0 Å². The molecule has 116 valence electrons. The lowest BCUT2D eigenvalue weighted by Gasteiger charge is -2.10. The smallest absolute Gasteiger partial charge is 0.319 e. The van der Waals surface area contributed by atoms with Crippen molar-refractivity contribution in [2.75, 3.05) is 25.1 Å². The Morgan fingerprint density at radius 2 is 2.19 bits per heavy atom. The van der Waals surface area contributed by atoms with Gasteiger partial charge in [-0.2, -0.15) is 0 Å². The summed E-state index contributed by atoms with van der Waals surface area (Å²) in [6.45, 7) is 9.59. The quantitative estimate of drug-likeness (QED) is 0.543. The molecule has 5 heteroatoms. The van der Waals surface area contributed by atoms with Gasteiger partial charge in [-0.15, -0.1) is 6.58 Å². The third-order valence-corrected chi connectivity index (χ3v) is 2.54. The van der Waals surface area contributed by atoms with E-state index in [-0.39, 0.29) is 12.1 Å². The van der Waals surface area contributed by atoms with Gasteiger partial charge in [-0.25, -0.2) is 4.79 Å². The highest BCUT2D eigenvalue weighted by atomic mass is 16.5. The fraction of sp³-hybridized carbons (Fsp3) is 0.438. The van der Waals surface area contributed by atoms with Gasteiger partial charge in [0, 0.05) is 12.2 Å². The van der Waals surface area contributed by atoms with Crippen molar-refractivity contribution in [3.05, 3.63) is 42.5 Å². The van der Waals surface area contributed by atoms with Gasteiger partial charge >= 0.3 is 6.03 Å². The maximum atomic E-state index is 11.5. The number of carbonyl (C=O) groups is 1. The maximum Gasteiger partial charge on any atom is 0.319 e. The Labute approximate surface area is 126 Å². The van der Waals surface area contributed by atoms with E-state index in [1.807, 2.05) is 38.1 Å². The highest BCUT2D eigenvalue weighted by molar-refractivity contribution is 5.89. The number of nitrogens with one attached hydrogen (secondary N) is 2. The van der Waals surface area contributed by atoms with Gasteiger partial charge in [0.15, 0.2) is 0 Å². The van der Waals surface area contributed by atoms with Crippen molar-refractivity contribution in [1.29, 1.82) is 0 Å². The third kappa shape index (κ3) is 8.12. The first kappa shape index (κ1) is 17.2. The molecule has 0 bridgehead atoms. The standard InChI is InChI=1S/C16H24N2O3/c1-4-8-17-16(19)18-15-7-5-6-14(11-15)12-20-9-10-21-13(2)3/h4-7,11,13H,1,8-10,12H2,2-3H3,(H2,17,18,19). The van der Waals surface area contributed by atoms with Gasteiger partial charge in [0.2, 0.25) is 0 Å². The SMILES string of the molecule is C=CCNC(=O)Nc1cccc(COCCOC(C)C)c1. The number of carbonyl (C=O) groups excluding carboxylic acids is 1. The predicted octanol–water partition coefficient (Wildman–Crippen LogP) is 2.94. The number of anilines is 1. The Kier molecular flexibility index (Phi) is 8.16. The van der Waals surface area contributed by atoms with Gasteiger partial charge in [-0.3, -0.25) is 0 Å². The zero-order valence-electron chi connectivity index (χ0n) is 12.7. The number of hydrogen-bond donors (Lipinski definition) is 2. The molecule has 0 unspecified atom stereocenters. The molecule has 0 saturated carbocycles. The Balaban J connectivity index is 2.34. The van der Waals surface area contributed by atoms with E-state index in [9.17, 15) is 4.79 Å². The molecule has 0 aromatic heterocycles. The number of ether oxygens (including phenoxy) is 2. The van der Waals surface area contributed by atoms with E-state index in [4.69, 9.17) is 9.47 Å². The van der Waals surface area contributed by atoms with E-state index >= 15 is 0 Å². The molecular weight excluding hydrogens is 268 g/mol. The van der Waals surface area contributed by atoms with Gasteiger partial charge in [-0.05, 0) is 31.5 Å². The molecule has 21 heavy (non-hydrogen) atoms. The molecule has 0 fully saturated rings. The normalized spacial score (nSPS) is 10.4. The number of urea groups is 1. The van der Waals surface area contributed by atoms with E-state index in [1.165, 1.54) is 0 Å². The van der Waals surface area contributed by atoms with Crippen molar-refractivity contribution in [2.45, 2.75) is 26.6 Å². The number of rotatable bonds is 9. The summed E-state index contributed by atoms with van der Waals surface area (Å²) in [5, 5.41) is 5.41. The minimum atomic E-state index is -0.252. The summed E-state index contributed by atoms with van der Waals surface area (Å²) in [6, 6.07) is 7.30. The summed E-state index contributed by atoms with van der Waals surface area (Å²) in [4.78, 5) is 11.5. The number of benzene rings is 1. The highest BCUT2D eigenvalue weighted by Crippen LogP contribution is 2.11. The van der Waals surface area contributed by atoms with Crippen LogP contribution in [0.5, 0.6) is 0 Å². The second-order valence-corrected chi connectivity index (χ2v) is 4.80. The van der Waals surface area contributed by atoms with E-state index in [0.29, 0.717) is 26.4 Å². The molecule has 1 aromatic carbocycles. The van der Waals surface area contributed by atoms with Gasteiger partial charge in [0.05, 0.1) is 25.9 Å². The minimum Gasteiger partial charge on any atom is -0.376 e. The van der Waals surface area contributed by atoms with E-state index < -0.39 is 0 Å². The van der Waals surface area contributed by atoms with Gasteiger partial charge in [-0.1, -0.05) is 18.2 Å². The van der Waals surface area contributed by atoms with Crippen LogP contribution in [0.1, 0.15) is 19.4 Å². The van der Waals surface area contributed by atoms with Crippen molar-refractivity contribution in [1.82, 2.24) is 5.32 Å². The minimum absolute atomic E-state index is 0.218. The molecule has 0 heterocycles. The van der Waals surface area contributed by atoms with Crippen LogP contribution in [0.4, 0.5) is 10.5 Å². The lowest BCUT2D eigenvalue weighted by Crippen LogP contribution is -2.28. The van der Waals surface area contributed by atoms with E-state index in [0.717, 1.165) is 11.3 Å². The monoisotopic (exact) mass is 292 g/mol. The van der Waals surface area contributed by atoms with Crippen LogP contribution >= 0.6 is 0 Å². The van der Waals surface area contributed by atoms with Gasteiger partial charge in [0.25, 0.3) is 0 Å². The van der Waals surface area contributed by atoms with E-state index in [2.05, 4.69) is 17.2 Å². The average molecular weight is 292 g/mol. The largest absolute Gasteiger partial charge is 0.376 e. The Morgan fingerprint density at radius 1 is 1.38 bits per heavy atom. The highest BCUT2D eigenvalue weighted by Gasteiger charge is 2.01. The summed E-state index contributed by atoms with van der Waals surface area (Å²) in [5.74, 6) is 0. The van der Waals surface area contributed by atoms with Crippen LogP contribution in [0, 0.1) is 0 Å². The van der Waals surface area contributed by atoms with Crippen LogP contribution in [0.3, 0.4) is 0 Å². The molecule has 0 saturated heterocycles. The summed E-state index contributed by atoms with van der Waals surface area (Å²) < 4.78 is 10.9. The first-order valence-electron chi connectivity index (χ1n) is 7.06. The second-order valence-electron chi connectivity index (χ2n) is 4.80. The molecule has 5 nitrogen and oxygen atoms in total. The van der Waals surface area contributed by atoms with Crippen LogP contribution in [-0.4, -0.2) is 31.9 Å². The lowest BCUT2D eigenvalue weighted by molar-refractivity contribution is 0.0143. The average Bonchev–Trinajstić information content (AvgIpc) is 2.45. The van der Waals surface area contributed by atoms with Crippen LogP contribution in [-0.2, 0) is 16.1 Å². The summed E-state index contributed by atoms with van der Waals surface area (Å²) >= 11 is 0. The molecule has 1 aromatic rings. The molecule has 0 radical (unpaired) electrons. The number of hydrogen-bond acceptors (Lipinski definition) is 3. The first-order chi connectivity index (χ1) is 10.1. The lowest BCUT2D eigenvalue weighted by atomic mass is 10.2. The zero-order chi connectivity index (χ0) is 15.5. The van der Waals surface area contributed by atoms with E-state index in [1.54, 1.807) is 6.08 Å². The molecular formula is C16H24N2O3. The second kappa shape index (κ2) is 9.96. The first-order valence-corrected chi connectivity index (χ1v) is 7.06. The molecule has 0 aliphatic heterocycles. The molecule has 2 amide bonds. The van der Waals surface area contributed by atoms with Crippen LogP contribution in [0.25, 0.3) is 0 Å². The molecule has 1 rings (SSSR count). The molecule has 0 aliphatic carbocycles. The van der Waals surface area contributed by atoms with Crippen molar-refractivity contribution in [2.24, 2.45) is 0 Å². The topological polar surface area (TPSA) is 59.6 Å². The zero-order valence-corrected chi connectivity index (χ0v) is 12.7. The fourth-order valence-corrected chi connectivity index (χ4v) is 1.61. The summed E-state index contributed by atoms with van der Waals surface area (Å²) in [7, 11) is 0. The Morgan fingerprint density at radius 3 is 2.90 bits per heavy atom. The molecule has 2 N–H and O–H groups in total. The molecule has 0 spiro atoms. The van der Waals surface area contributed by atoms with Crippen molar-refractivity contribution in [3.63, 3.8) is 0 Å². The summed E-state index contributed by atoms with van der Waals surface area (Å²) in [5.41, 5.74) is 1.73. The number of amides is 2. The van der Waals surface area contributed by atoms with Crippen LogP contribution in [0.15, 0.2) is 36.9 Å². The van der Waals surface area contributed by atoms with Crippen LogP contribution < -0.4 is 10.6 Å². The van der Waals surface area contributed by atoms with Crippen molar-refractivity contribution >= 4 is 11.7 Å².